The van der Waals surface area contributed by atoms with E-state index < -0.39 is 0 Å². The summed E-state index contributed by atoms with van der Waals surface area (Å²) < 4.78 is 0. The van der Waals surface area contributed by atoms with Crippen molar-refractivity contribution < 1.29 is 0 Å². The van der Waals surface area contributed by atoms with Crippen molar-refractivity contribution in [2.24, 2.45) is 5.73 Å². The maximum absolute atomic E-state index is 5.63. The Balaban J connectivity index is 1.94. The summed E-state index contributed by atoms with van der Waals surface area (Å²) in [5, 5.41) is 0. The van der Waals surface area contributed by atoms with Crippen LogP contribution in [0.2, 0.25) is 0 Å². The van der Waals surface area contributed by atoms with Gasteiger partial charge in [0.1, 0.15) is 0 Å². The van der Waals surface area contributed by atoms with Crippen LogP contribution in [0.15, 0.2) is 36.4 Å². The molecular weight excluding hydrogens is 240 g/mol. The third kappa shape index (κ3) is 3.67. The highest BCUT2D eigenvalue weighted by Crippen LogP contribution is 2.18. The zero-order chi connectivity index (χ0) is 13.0. The number of hydrogen-bond acceptors (Lipinski definition) is 3. The minimum Gasteiger partial charge on any atom is -0.326 e. The number of aryl methyl sites for hydroxylation is 1. The summed E-state index contributed by atoms with van der Waals surface area (Å²) in [7, 11) is 2.16. The molecule has 18 heavy (non-hydrogen) atoms. The van der Waals surface area contributed by atoms with Crippen molar-refractivity contribution in [2.75, 3.05) is 7.05 Å². The van der Waals surface area contributed by atoms with Gasteiger partial charge in [-0.25, -0.2) is 0 Å². The van der Waals surface area contributed by atoms with Crippen molar-refractivity contribution in [1.82, 2.24) is 4.90 Å². The van der Waals surface area contributed by atoms with Crippen LogP contribution in [0.4, 0.5) is 0 Å². The zero-order valence-corrected chi connectivity index (χ0v) is 11.8. The standard InChI is InChI=1S/C15H20N2S/c1-12-4-3-5-13(8-12)10-17(2)11-15-7-6-14(9-16)18-15/h3-8H,9-11,16H2,1-2H3. The van der Waals surface area contributed by atoms with Gasteiger partial charge in [-0.1, -0.05) is 29.8 Å². The van der Waals surface area contributed by atoms with Gasteiger partial charge in [-0.2, -0.15) is 0 Å². The molecule has 2 nitrogen and oxygen atoms in total. The molecule has 0 saturated carbocycles. The van der Waals surface area contributed by atoms with Crippen LogP contribution in [0.3, 0.4) is 0 Å². The molecule has 2 aromatic rings. The topological polar surface area (TPSA) is 29.3 Å². The summed E-state index contributed by atoms with van der Waals surface area (Å²) in [4.78, 5) is 4.97. The summed E-state index contributed by atoms with van der Waals surface area (Å²) >= 11 is 1.81. The molecule has 0 aliphatic rings. The SMILES string of the molecule is Cc1cccc(CN(C)Cc2ccc(CN)s2)c1. The minimum atomic E-state index is 0.645. The molecule has 0 fully saturated rings. The monoisotopic (exact) mass is 260 g/mol. The first-order chi connectivity index (χ1) is 8.67. The van der Waals surface area contributed by atoms with Crippen LogP contribution in [-0.4, -0.2) is 11.9 Å². The lowest BCUT2D eigenvalue weighted by molar-refractivity contribution is 0.322. The van der Waals surface area contributed by atoms with Crippen LogP contribution in [0.5, 0.6) is 0 Å². The van der Waals surface area contributed by atoms with E-state index in [9.17, 15) is 0 Å². The molecule has 2 rings (SSSR count). The van der Waals surface area contributed by atoms with Crippen molar-refractivity contribution in [3.8, 4) is 0 Å². The molecule has 96 valence electrons. The normalized spacial score (nSPS) is 11.1. The van der Waals surface area contributed by atoms with Gasteiger partial charge in [-0.05, 0) is 31.7 Å². The Morgan fingerprint density at radius 2 is 1.89 bits per heavy atom. The average Bonchev–Trinajstić information content (AvgIpc) is 2.76. The van der Waals surface area contributed by atoms with Crippen LogP contribution >= 0.6 is 11.3 Å². The predicted octanol–water partition coefficient (Wildman–Crippen LogP) is 3.15. The summed E-state index contributed by atoms with van der Waals surface area (Å²) in [5.41, 5.74) is 8.32. The van der Waals surface area contributed by atoms with E-state index in [1.807, 2.05) is 11.3 Å². The number of nitrogens with zero attached hydrogens (tertiary/aromatic N) is 1. The first kappa shape index (κ1) is 13.3. The summed E-state index contributed by atoms with van der Waals surface area (Å²) in [6.07, 6.45) is 0. The summed E-state index contributed by atoms with van der Waals surface area (Å²) in [5.74, 6) is 0. The molecule has 0 spiro atoms. The van der Waals surface area contributed by atoms with Crippen molar-refractivity contribution in [3.63, 3.8) is 0 Å². The molecule has 1 aromatic carbocycles. The quantitative estimate of drug-likeness (QED) is 0.895. The smallest absolute Gasteiger partial charge is 0.0328 e. The molecule has 0 unspecified atom stereocenters. The fourth-order valence-electron chi connectivity index (χ4n) is 2.06. The molecular formula is C15H20N2S. The summed E-state index contributed by atoms with van der Waals surface area (Å²) in [6.45, 7) is 4.75. The van der Waals surface area contributed by atoms with Gasteiger partial charge in [-0.15, -0.1) is 11.3 Å². The third-order valence-electron chi connectivity index (χ3n) is 2.88. The highest BCUT2D eigenvalue weighted by atomic mass is 32.1. The zero-order valence-electron chi connectivity index (χ0n) is 11.0. The second-order valence-electron chi connectivity index (χ2n) is 4.73. The van der Waals surface area contributed by atoms with Crippen LogP contribution in [0, 0.1) is 6.92 Å². The highest BCUT2D eigenvalue weighted by molar-refractivity contribution is 7.11. The largest absolute Gasteiger partial charge is 0.326 e. The van der Waals surface area contributed by atoms with Crippen molar-refractivity contribution in [2.45, 2.75) is 26.6 Å². The van der Waals surface area contributed by atoms with Crippen LogP contribution in [-0.2, 0) is 19.6 Å². The average molecular weight is 260 g/mol. The number of nitrogens with two attached hydrogens (primary N) is 1. The van der Waals surface area contributed by atoms with E-state index in [4.69, 9.17) is 5.73 Å². The molecule has 0 aliphatic carbocycles. The highest BCUT2D eigenvalue weighted by Gasteiger charge is 2.04. The minimum absolute atomic E-state index is 0.645. The number of rotatable bonds is 5. The Labute approximate surface area is 113 Å². The van der Waals surface area contributed by atoms with Crippen LogP contribution in [0.25, 0.3) is 0 Å². The lowest BCUT2D eigenvalue weighted by Gasteiger charge is -2.16. The molecule has 1 aromatic heterocycles. The summed E-state index contributed by atoms with van der Waals surface area (Å²) in [6, 6.07) is 13.0. The number of hydrogen-bond donors (Lipinski definition) is 1. The Bertz CT molecular complexity index is 505. The molecule has 1 heterocycles. The van der Waals surface area contributed by atoms with Gasteiger partial charge < -0.3 is 5.73 Å². The molecule has 0 saturated heterocycles. The Kier molecular flexibility index (Phi) is 4.53. The van der Waals surface area contributed by atoms with E-state index in [2.05, 4.69) is 55.3 Å². The van der Waals surface area contributed by atoms with E-state index in [0.717, 1.165) is 13.1 Å². The third-order valence-corrected chi connectivity index (χ3v) is 3.97. The molecule has 0 bridgehead atoms. The maximum atomic E-state index is 5.63. The van der Waals surface area contributed by atoms with Gasteiger partial charge in [0, 0.05) is 29.4 Å². The van der Waals surface area contributed by atoms with Gasteiger partial charge >= 0.3 is 0 Å². The predicted molar refractivity (Wildman–Crippen MR) is 78.6 cm³/mol. The van der Waals surface area contributed by atoms with Gasteiger partial charge in [0.25, 0.3) is 0 Å². The molecule has 0 atom stereocenters. The van der Waals surface area contributed by atoms with E-state index in [1.165, 1.54) is 20.9 Å². The second kappa shape index (κ2) is 6.14. The lowest BCUT2D eigenvalue weighted by Crippen LogP contribution is -2.16. The van der Waals surface area contributed by atoms with E-state index in [-0.39, 0.29) is 0 Å². The molecule has 0 aliphatic heterocycles. The maximum Gasteiger partial charge on any atom is 0.0328 e. The number of thiophene rings is 1. The van der Waals surface area contributed by atoms with E-state index >= 15 is 0 Å². The van der Waals surface area contributed by atoms with Gasteiger partial charge in [0.2, 0.25) is 0 Å². The number of benzene rings is 1. The molecule has 0 amide bonds. The van der Waals surface area contributed by atoms with Crippen molar-refractivity contribution in [1.29, 1.82) is 0 Å². The fourth-order valence-corrected chi connectivity index (χ4v) is 3.04. The Hall–Kier alpha value is -1.16. The fraction of sp³-hybridized carbons (Fsp3) is 0.333. The molecule has 3 heteroatoms. The van der Waals surface area contributed by atoms with E-state index in [1.54, 1.807) is 0 Å². The first-order valence-electron chi connectivity index (χ1n) is 6.19. The van der Waals surface area contributed by atoms with Crippen molar-refractivity contribution >= 4 is 11.3 Å². The van der Waals surface area contributed by atoms with E-state index in [0.29, 0.717) is 6.54 Å². The molecule has 2 N–H and O–H groups in total. The first-order valence-corrected chi connectivity index (χ1v) is 7.01. The Morgan fingerprint density at radius 1 is 1.11 bits per heavy atom. The van der Waals surface area contributed by atoms with Gasteiger partial charge in [-0.3, -0.25) is 4.90 Å². The van der Waals surface area contributed by atoms with Crippen LogP contribution in [0.1, 0.15) is 20.9 Å². The Morgan fingerprint density at radius 3 is 2.56 bits per heavy atom. The van der Waals surface area contributed by atoms with Crippen molar-refractivity contribution in [3.05, 3.63) is 57.3 Å². The van der Waals surface area contributed by atoms with Gasteiger partial charge in [0.15, 0.2) is 0 Å². The molecule has 0 radical (unpaired) electrons. The van der Waals surface area contributed by atoms with Crippen LogP contribution < -0.4 is 5.73 Å². The second-order valence-corrected chi connectivity index (χ2v) is 5.99. The van der Waals surface area contributed by atoms with Gasteiger partial charge in [0.05, 0.1) is 0 Å². The lowest BCUT2D eigenvalue weighted by atomic mass is 10.1.